The fourth-order valence-electron chi connectivity index (χ4n) is 1.45. The van der Waals surface area contributed by atoms with Gasteiger partial charge in [-0.2, -0.15) is 0 Å². The Labute approximate surface area is 96.3 Å². The Balaban J connectivity index is 2.42. The molecule has 1 aromatic heterocycles. The van der Waals surface area contributed by atoms with Crippen LogP contribution in [0.25, 0.3) is 0 Å². The Kier molecular flexibility index (Phi) is 4.92. The van der Waals surface area contributed by atoms with Gasteiger partial charge in [-0.25, -0.2) is 4.98 Å². The van der Waals surface area contributed by atoms with Crippen LogP contribution in [0.5, 0.6) is 0 Å². The first kappa shape index (κ1) is 12.6. The Morgan fingerprint density at radius 2 is 2.31 bits per heavy atom. The number of pyridine rings is 1. The summed E-state index contributed by atoms with van der Waals surface area (Å²) in [6.07, 6.45) is 3.94. The van der Waals surface area contributed by atoms with Crippen LogP contribution in [0.3, 0.4) is 0 Å². The van der Waals surface area contributed by atoms with Crippen LogP contribution < -0.4 is 11.1 Å². The normalized spacial score (nSPS) is 12.2. The van der Waals surface area contributed by atoms with Crippen LogP contribution in [-0.4, -0.2) is 16.9 Å². The molecule has 1 aromatic rings. The summed E-state index contributed by atoms with van der Waals surface area (Å²) >= 11 is 0. The van der Waals surface area contributed by atoms with Gasteiger partial charge >= 0.3 is 0 Å². The number of aryl methyl sites for hydroxylation is 1. The van der Waals surface area contributed by atoms with Crippen LogP contribution in [-0.2, 0) is 4.79 Å². The predicted octanol–water partition coefficient (Wildman–Crippen LogP) is 1.85. The van der Waals surface area contributed by atoms with Crippen LogP contribution >= 0.6 is 0 Å². The first-order chi connectivity index (χ1) is 7.61. The third kappa shape index (κ3) is 4.40. The molecule has 0 bridgehead atoms. The zero-order valence-electron chi connectivity index (χ0n) is 9.86. The smallest absolute Gasteiger partial charge is 0.227 e. The molecule has 0 aliphatic rings. The van der Waals surface area contributed by atoms with E-state index in [9.17, 15) is 4.79 Å². The summed E-state index contributed by atoms with van der Waals surface area (Å²) in [5.74, 6) is 0.511. The van der Waals surface area contributed by atoms with Gasteiger partial charge in [-0.15, -0.1) is 0 Å². The molecule has 3 N–H and O–H groups in total. The van der Waals surface area contributed by atoms with Gasteiger partial charge in [0, 0.05) is 18.7 Å². The highest BCUT2D eigenvalue weighted by Gasteiger charge is 2.08. The molecule has 0 aliphatic carbocycles. The molecule has 0 saturated carbocycles. The molecular weight excluding hydrogens is 202 g/mol. The van der Waals surface area contributed by atoms with Crippen molar-refractivity contribution in [1.82, 2.24) is 4.98 Å². The zero-order chi connectivity index (χ0) is 12.0. The molecule has 0 fully saturated rings. The molecule has 0 aliphatic heterocycles. The zero-order valence-corrected chi connectivity index (χ0v) is 9.86. The number of amides is 1. The SMILES string of the molecule is CCCC(N)CC(=O)Nc1ccc(C)cn1. The lowest BCUT2D eigenvalue weighted by Gasteiger charge is -2.10. The van der Waals surface area contributed by atoms with Crippen molar-refractivity contribution in [2.24, 2.45) is 5.73 Å². The van der Waals surface area contributed by atoms with Crippen molar-refractivity contribution in [3.8, 4) is 0 Å². The van der Waals surface area contributed by atoms with Gasteiger partial charge in [-0.05, 0) is 25.0 Å². The maximum atomic E-state index is 11.6. The number of aromatic nitrogens is 1. The van der Waals surface area contributed by atoms with Crippen LogP contribution in [0.1, 0.15) is 31.7 Å². The maximum absolute atomic E-state index is 11.6. The molecule has 1 atom stereocenters. The number of hydrogen-bond donors (Lipinski definition) is 2. The molecule has 1 unspecified atom stereocenters. The number of anilines is 1. The molecule has 1 amide bonds. The standard InChI is InChI=1S/C12H19N3O/c1-3-4-10(13)7-12(16)15-11-6-5-9(2)8-14-11/h5-6,8,10H,3-4,7,13H2,1-2H3,(H,14,15,16). The van der Waals surface area contributed by atoms with Crippen molar-refractivity contribution in [2.75, 3.05) is 5.32 Å². The number of rotatable bonds is 5. The van der Waals surface area contributed by atoms with E-state index in [0.717, 1.165) is 18.4 Å². The number of nitrogens with zero attached hydrogens (tertiary/aromatic N) is 1. The Morgan fingerprint density at radius 3 is 2.88 bits per heavy atom. The summed E-state index contributed by atoms with van der Waals surface area (Å²) in [6.45, 7) is 4.01. The highest BCUT2D eigenvalue weighted by Crippen LogP contribution is 2.06. The average molecular weight is 221 g/mol. The number of nitrogens with one attached hydrogen (secondary N) is 1. The van der Waals surface area contributed by atoms with Gasteiger partial charge in [-0.3, -0.25) is 4.79 Å². The minimum Gasteiger partial charge on any atom is -0.327 e. The summed E-state index contributed by atoms with van der Waals surface area (Å²) in [7, 11) is 0. The summed E-state index contributed by atoms with van der Waals surface area (Å²) in [4.78, 5) is 15.7. The van der Waals surface area contributed by atoms with Gasteiger partial charge in [-0.1, -0.05) is 19.4 Å². The molecule has 0 radical (unpaired) electrons. The third-order valence-corrected chi connectivity index (χ3v) is 2.29. The fourth-order valence-corrected chi connectivity index (χ4v) is 1.45. The summed E-state index contributed by atoms with van der Waals surface area (Å²) in [5.41, 5.74) is 6.85. The summed E-state index contributed by atoms with van der Waals surface area (Å²) < 4.78 is 0. The van der Waals surface area contributed by atoms with E-state index in [2.05, 4.69) is 17.2 Å². The molecule has 4 heteroatoms. The molecule has 4 nitrogen and oxygen atoms in total. The van der Waals surface area contributed by atoms with Crippen LogP contribution in [0, 0.1) is 6.92 Å². The van der Waals surface area contributed by atoms with Crippen molar-refractivity contribution in [3.05, 3.63) is 23.9 Å². The van der Waals surface area contributed by atoms with Crippen LogP contribution in [0.4, 0.5) is 5.82 Å². The van der Waals surface area contributed by atoms with Crippen molar-refractivity contribution < 1.29 is 4.79 Å². The summed E-state index contributed by atoms with van der Waals surface area (Å²) in [5, 5.41) is 2.73. The van der Waals surface area contributed by atoms with Gasteiger partial charge in [0.05, 0.1) is 0 Å². The Bertz CT molecular complexity index is 335. The van der Waals surface area contributed by atoms with Crippen molar-refractivity contribution in [1.29, 1.82) is 0 Å². The molecule has 16 heavy (non-hydrogen) atoms. The van der Waals surface area contributed by atoms with Gasteiger partial charge in [0.1, 0.15) is 5.82 Å². The highest BCUT2D eigenvalue weighted by atomic mass is 16.1. The third-order valence-electron chi connectivity index (χ3n) is 2.29. The van der Waals surface area contributed by atoms with E-state index in [1.807, 2.05) is 13.0 Å². The van der Waals surface area contributed by atoms with Crippen molar-refractivity contribution in [3.63, 3.8) is 0 Å². The van der Waals surface area contributed by atoms with Crippen molar-refractivity contribution >= 4 is 11.7 Å². The lowest BCUT2D eigenvalue weighted by molar-refractivity contribution is -0.116. The lowest BCUT2D eigenvalue weighted by Crippen LogP contribution is -2.27. The van der Waals surface area contributed by atoms with E-state index in [1.54, 1.807) is 12.3 Å². The second-order valence-corrected chi connectivity index (χ2v) is 4.02. The van der Waals surface area contributed by atoms with Crippen LogP contribution in [0.15, 0.2) is 18.3 Å². The van der Waals surface area contributed by atoms with E-state index >= 15 is 0 Å². The molecular formula is C12H19N3O. The topological polar surface area (TPSA) is 68.0 Å². The molecule has 1 rings (SSSR count). The van der Waals surface area contributed by atoms with E-state index in [4.69, 9.17) is 5.73 Å². The molecule has 0 spiro atoms. The summed E-state index contributed by atoms with van der Waals surface area (Å²) in [6, 6.07) is 3.64. The lowest BCUT2D eigenvalue weighted by atomic mass is 10.1. The molecule has 1 heterocycles. The predicted molar refractivity (Wildman–Crippen MR) is 65.1 cm³/mol. The monoisotopic (exact) mass is 221 g/mol. The minimum atomic E-state index is -0.0719. The fraction of sp³-hybridized carbons (Fsp3) is 0.500. The van der Waals surface area contributed by atoms with E-state index in [0.29, 0.717) is 12.2 Å². The first-order valence-corrected chi connectivity index (χ1v) is 5.60. The van der Waals surface area contributed by atoms with Crippen molar-refractivity contribution in [2.45, 2.75) is 39.2 Å². The molecule has 0 saturated heterocycles. The minimum absolute atomic E-state index is 0.0598. The van der Waals surface area contributed by atoms with Crippen LogP contribution in [0.2, 0.25) is 0 Å². The van der Waals surface area contributed by atoms with E-state index < -0.39 is 0 Å². The number of hydrogen-bond acceptors (Lipinski definition) is 3. The Morgan fingerprint density at radius 1 is 1.56 bits per heavy atom. The van der Waals surface area contributed by atoms with E-state index in [-0.39, 0.29) is 11.9 Å². The van der Waals surface area contributed by atoms with Gasteiger partial charge in [0.25, 0.3) is 0 Å². The largest absolute Gasteiger partial charge is 0.327 e. The molecule has 88 valence electrons. The quantitative estimate of drug-likeness (QED) is 0.797. The maximum Gasteiger partial charge on any atom is 0.227 e. The van der Waals surface area contributed by atoms with Gasteiger partial charge in [0.2, 0.25) is 5.91 Å². The average Bonchev–Trinajstić information content (AvgIpc) is 2.21. The molecule has 0 aromatic carbocycles. The second kappa shape index (κ2) is 6.23. The second-order valence-electron chi connectivity index (χ2n) is 4.02. The number of nitrogens with two attached hydrogens (primary N) is 1. The van der Waals surface area contributed by atoms with E-state index in [1.165, 1.54) is 0 Å². The first-order valence-electron chi connectivity index (χ1n) is 5.60. The number of carbonyl (C=O) groups excluding carboxylic acids is 1. The van der Waals surface area contributed by atoms with Gasteiger partial charge < -0.3 is 11.1 Å². The number of carbonyl (C=O) groups is 1. The van der Waals surface area contributed by atoms with Gasteiger partial charge in [0.15, 0.2) is 0 Å². The highest BCUT2D eigenvalue weighted by molar-refractivity contribution is 5.90. The Hall–Kier alpha value is -1.42.